The molecule has 1 aromatic heterocycles. The summed E-state index contributed by atoms with van der Waals surface area (Å²) < 4.78 is 1.04. The molecule has 1 aromatic rings. The summed E-state index contributed by atoms with van der Waals surface area (Å²) in [5.74, 6) is 1.06. The minimum atomic E-state index is 0.982. The van der Waals surface area contributed by atoms with Crippen LogP contribution in [0.3, 0.4) is 0 Å². The first-order valence-electron chi connectivity index (χ1n) is 3.98. The predicted molar refractivity (Wildman–Crippen MR) is 55.6 cm³/mol. The van der Waals surface area contributed by atoms with Crippen LogP contribution in [-0.2, 0) is 0 Å². The molecule has 1 heterocycles. The molecule has 0 aliphatic carbocycles. The first-order chi connectivity index (χ1) is 5.65. The van der Waals surface area contributed by atoms with Crippen molar-refractivity contribution in [3.63, 3.8) is 0 Å². The molecule has 0 fully saturated rings. The van der Waals surface area contributed by atoms with Crippen LogP contribution in [0.1, 0.15) is 12.5 Å². The van der Waals surface area contributed by atoms with Gasteiger partial charge in [0.1, 0.15) is 5.82 Å². The minimum Gasteiger partial charge on any atom is -0.360 e. The summed E-state index contributed by atoms with van der Waals surface area (Å²) in [7, 11) is 2.04. The summed E-state index contributed by atoms with van der Waals surface area (Å²) in [4.78, 5) is 6.45. The van der Waals surface area contributed by atoms with Crippen LogP contribution in [0.2, 0.25) is 0 Å². The van der Waals surface area contributed by atoms with E-state index in [0.29, 0.717) is 0 Å². The van der Waals surface area contributed by atoms with Gasteiger partial charge in [0.05, 0.1) is 0 Å². The van der Waals surface area contributed by atoms with Crippen molar-refractivity contribution in [2.75, 3.05) is 18.5 Å². The average molecular weight is 229 g/mol. The zero-order valence-corrected chi connectivity index (χ0v) is 9.22. The second kappa shape index (κ2) is 3.90. The third-order valence-corrected chi connectivity index (χ3v) is 2.29. The number of hydrogen-bond acceptors (Lipinski definition) is 2. The number of halogens is 1. The highest BCUT2D eigenvalue weighted by Gasteiger charge is 2.03. The maximum absolute atomic E-state index is 4.33. The number of rotatable bonds is 2. The van der Waals surface area contributed by atoms with Crippen LogP contribution in [0.5, 0.6) is 0 Å². The molecule has 3 heteroatoms. The first-order valence-corrected chi connectivity index (χ1v) is 4.77. The second-order valence-electron chi connectivity index (χ2n) is 2.81. The Labute approximate surface area is 81.7 Å². The Morgan fingerprint density at radius 1 is 1.58 bits per heavy atom. The summed E-state index contributed by atoms with van der Waals surface area (Å²) in [5.41, 5.74) is 1.20. The van der Waals surface area contributed by atoms with Gasteiger partial charge in [-0.15, -0.1) is 0 Å². The number of anilines is 1. The summed E-state index contributed by atoms with van der Waals surface area (Å²) in [6, 6.07) is 2.08. The van der Waals surface area contributed by atoms with Crippen LogP contribution in [0, 0.1) is 6.92 Å². The summed E-state index contributed by atoms with van der Waals surface area (Å²) >= 11 is 3.39. The molecule has 0 spiro atoms. The molecule has 0 aliphatic rings. The zero-order valence-electron chi connectivity index (χ0n) is 7.63. The van der Waals surface area contributed by atoms with Gasteiger partial charge in [0.2, 0.25) is 0 Å². The lowest BCUT2D eigenvalue weighted by molar-refractivity contribution is 0.928. The Bertz CT molecular complexity index is 273. The summed E-state index contributed by atoms with van der Waals surface area (Å²) in [6.07, 6.45) is 1.83. The highest BCUT2D eigenvalue weighted by atomic mass is 79.9. The van der Waals surface area contributed by atoms with Crippen molar-refractivity contribution in [2.24, 2.45) is 0 Å². The van der Waals surface area contributed by atoms with Gasteiger partial charge in [-0.3, -0.25) is 0 Å². The molecule has 0 radical (unpaired) electrons. The average Bonchev–Trinajstić information content (AvgIpc) is 2.03. The number of pyridine rings is 1. The van der Waals surface area contributed by atoms with Crippen molar-refractivity contribution in [3.8, 4) is 0 Å². The molecular formula is C9H13BrN2. The van der Waals surface area contributed by atoms with Gasteiger partial charge in [-0.2, -0.15) is 0 Å². The Morgan fingerprint density at radius 3 is 2.75 bits per heavy atom. The molecule has 1 rings (SSSR count). The Morgan fingerprint density at radius 2 is 2.25 bits per heavy atom. The predicted octanol–water partition coefficient (Wildman–Crippen LogP) is 2.61. The van der Waals surface area contributed by atoms with E-state index in [1.54, 1.807) is 0 Å². The van der Waals surface area contributed by atoms with Gasteiger partial charge in [-0.05, 0) is 41.4 Å². The molecular weight excluding hydrogens is 216 g/mol. The fourth-order valence-corrected chi connectivity index (χ4v) is 1.53. The fourth-order valence-electron chi connectivity index (χ4n) is 1.08. The van der Waals surface area contributed by atoms with Gasteiger partial charge < -0.3 is 4.90 Å². The maximum atomic E-state index is 4.33. The minimum absolute atomic E-state index is 0.982. The van der Waals surface area contributed by atoms with Crippen molar-refractivity contribution in [1.82, 2.24) is 4.98 Å². The van der Waals surface area contributed by atoms with E-state index in [0.717, 1.165) is 16.8 Å². The largest absolute Gasteiger partial charge is 0.360 e. The van der Waals surface area contributed by atoms with Gasteiger partial charge in [0.25, 0.3) is 0 Å². The van der Waals surface area contributed by atoms with Crippen molar-refractivity contribution in [3.05, 3.63) is 22.3 Å². The standard InChI is InChI=1S/C9H13BrN2/c1-4-12(3)9-7(2)5-8(10)6-11-9/h5-6H,4H2,1-3H3. The Kier molecular flexibility index (Phi) is 3.09. The summed E-state index contributed by atoms with van der Waals surface area (Å²) in [5, 5.41) is 0. The molecule has 0 saturated heterocycles. The lowest BCUT2D eigenvalue weighted by Gasteiger charge is -2.17. The highest BCUT2D eigenvalue weighted by molar-refractivity contribution is 9.10. The highest BCUT2D eigenvalue weighted by Crippen LogP contribution is 2.18. The van der Waals surface area contributed by atoms with E-state index in [-0.39, 0.29) is 0 Å². The van der Waals surface area contributed by atoms with Gasteiger partial charge in [0.15, 0.2) is 0 Å². The lowest BCUT2D eigenvalue weighted by Crippen LogP contribution is -2.18. The molecule has 0 unspecified atom stereocenters. The van der Waals surface area contributed by atoms with Gasteiger partial charge in [0, 0.05) is 24.3 Å². The maximum Gasteiger partial charge on any atom is 0.131 e. The molecule has 0 N–H and O–H groups in total. The van der Waals surface area contributed by atoms with E-state index in [9.17, 15) is 0 Å². The number of nitrogens with zero attached hydrogens (tertiary/aromatic N) is 2. The van der Waals surface area contributed by atoms with Crippen molar-refractivity contribution in [1.29, 1.82) is 0 Å². The van der Waals surface area contributed by atoms with Crippen LogP contribution < -0.4 is 4.90 Å². The molecule has 0 amide bonds. The molecule has 0 aliphatic heterocycles. The molecule has 0 bridgehead atoms. The molecule has 66 valence electrons. The van der Waals surface area contributed by atoms with Crippen LogP contribution in [0.4, 0.5) is 5.82 Å². The van der Waals surface area contributed by atoms with Crippen LogP contribution in [0.15, 0.2) is 16.7 Å². The van der Waals surface area contributed by atoms with Gasteiger partial charge >= 0.3 is 0 Å². The number of aryl methyl sites for hydroxylation is 1. The monoisotopic (exact) mass is 228 g/mol. The normalized spacial score (nSPS) is 10.0. The van der Waals surface area contributed by atoms with E-state index >= 15 is 0 Å². The smallest absolute Gasteiger partial charge is 0.131 e. The zero-order chi connectivity index (χ0) is 9.14. The van der Waals surface area contributed by atoms with Crippen LogP contribution in [-0.4, -0.2) is 18.6 Å². The topological polar surface area (TPSA) is 16.1 Å². The van der Waals surface area contributed by atoms with E-state index in [4.69, 9.17) is 0 Å². The number of aromatic nitrogens is 1. The molecule has 0 aromatic carbocycles. The van der Waals surface area contributed by atoms with Crippen molar-refractivity contribution < 1.29 is 0 Å². The van der Waals surface area contributed by atoms with E-state index < -0.39 is 0 Å². The van der Waals surface area contributed by atoms with E-state index in [1.807, 2.05) is 13.2 Å². The second-order valence-corrected chi connectivity index (χ2v) is 3.72. The molecule has 2 nitrogen and oxygen atoms in total. The molecule has 0 saturated carbocycles. The molecule has 0 atom stereocenters. The Balaban J connectivity index is 3.01. The van der Waals surface area contributed by atoms with E-state index in [2.05, 4.69) is 45.7 Å². The first kappa shape index (κ1) is 9.52. The van der Waals surface area contributed by atoms with Crippen molar-refractivity contribution >= 4 is 21.7 Å². The number of hydrogen-bond donors (Lipinski definition) is 0. The Hall–Kier alpha value is -0.570. The third-order valence-electron chi connectivity index (χ3n) is 1.85. The van der Waals surface area contributed by atoms with Gasteiger partial charge in [-0.1, -0.05) is 0 Å². The summed E-state index contributed by atoms with van der Waals surface area (Å²) in [6.45, 7) is 5.16. The third kappa shape index (κ3) is 1.97. The van der Waals surface area contributed by atoms with Crippen LogP contribution in [0.25, 0.3) is 0 Å². The van der Waals surface area contributed by atoms with E-state index in [1.165, 1.54) is 5.56 Å². The SMILES string of the molecule is CCN(C)c1ncc(Br)cc1C. The fraction of sp³-hybridized carbons (Fsp3) is 0.444. The molecule has 12 heavy (non-hydrogen) atoms. The quantitative estimate of drug-likeness (QED) is 0.774. The lowest BCUT2D eigenvalue weighted by atomic mass is 10.3. The van der Waals surface area contributed by atoms with Crippen LogP contribution >= 0.6 is 15.9 Å². The van der Waals surface area contributed by atoms with Crippen molar-refractivity contribution in [2.45, 2.75) is 13.8 Å². The van der Waals surface area contributed by atoms with Gasteiger partial charge in [-0.25, -0.2) is 4.98 Å².